The summed E-state index contributed by atoms with van der Waals surface area (Å²) in [7, 11) is 0. The largest absolute Gasteiger partial charge is 0.299 e. The van der Waals surface area contributed by atoms with Crippen LogP contribution >= 0.6 is 0 Å². The molecule has 0 saturated carbocycles. The summed E-state index contributed by atoms with van der Waals surface area (Å²) < 4.78 is 0. The second-order valence-corrected chi connectivity index (χ2v) is 3.54. The van der Waals surface area contributed by atoms with Crippen molar-refractivity contribution in [3.63, 3.8) is 0 Å². The van der Waals surface area contributed by atoms with E-state index in [9.17, 15) is 0 Å². The van der Waals surface area contributed by atoms with E-state index >= 15 is 0 Å². The molecule has 2 heteroatoms. The first-order valence-electron chi connectivity index (χ1n) is 5.73. The van der Waals surface area contributed by atoms with Crippen LogP contribution in [0.3, 0.4) is 0 Å². The molecule has 13 heavy (non-hydrogen) atoms. The smallest absolute Gasteiger partial charge is 0.0787 e. The first-order valence-corrected chi connectivity index (χ1v) is 5.73. The zero-order valence-corrected chi connectivity index (χ0v) is 9.44. The van der Waals surface area contributed by atoms with Crippen LogP contribution in [0.5, 0.6) is 0 Å². The summed E-state index contributed by atoms with van der Waals surface area (Å²) in [5.41, 5.74) is 3.01. The third-order valence-electron chi connectivity index (χ3n) is 2.19. The van der Waals surface area contributed by atoms with Gasteiger partial charge in [-0.2, -0.15) is 0 Å². The fraction of sp³-hybridized carbons (Fsp3) is 1.00. The first-order chi connectivity index (χ1) is 6.35. The van der Waals surface area contributed by atoms with Gasteiger partial charge in [-0.3, -0.25) is 4.84 Å². The summed E-state index contributed by atoms with van der Waals surface area (Å²) in [4.78, 5) is 5.53. The molecule has 80 valence electrons. The monoisotopic (exact) mass is 187 g/mol. The zero-order chi connectivity index (χ0) is 9.94. The summed E-state index contributed by atoms with van der Waals surface area (Å²) >= 11 is 0. The molecule has 0 fully saturated rings. The lowest BCUT2D eigenvalue weighted by Crippen LogP contribution is -2.24. The molecule has 0 aliphatic rings. The summed E-state index contributed by atoms with van der Waals surface area (Å²) in [6.45, 7) is 7.53. The standard InChI is InChI=1S/C11H25NO/c1-4-7-8-9-11(6-3)13-12-10-5-2/h11-12H,4-10H2,1-3H3. The molecule has 0 rings (SSSR count). The highest BCUT2D eigenvalue weighted by molar-refractivity contribution is 4.54. The van der Waals surface area contributed by atoms with Gasteiger partial charge in [-0.05, 0) is 19.3 Å². The summed E-state index contributed by atoms with van der Waals surface area (Å²) in [5.74, 6) is 0. The molecule has 0 aromatic carbocycles. The van der Waals surface area contributed by atoms with E-state index in [1.54, 1.807) is 0 Å². The molecule has 0 aromatic heterocycles. The third-order valence-corrected chi connectivity index (χ3v) is 2.19. The van der Waals surface area contributed by atoms with E-state index in [0.29, 0.717) is 6.10 Å². The Balaban J connectivity index is 3.28. The molecule has 0 amide bonds. The molecular formula is C11H25NO. The quantitative estimate of drug-likeness (QED) is 0.442. The Hall–Kier alpha value is -0.0800. The van der Waals surface area contributed by atoms with Gasteiger partial charge in [-0.15, -0.1) is 0 Å². The molecule has 0 radical (unpaired) electrons. The van der Waals surface area contributed by atoms with Crippen molar-refractivity contribution >= 4 is 0 Å². The molecule has 1 atom stereocenters. The Kier molecular flexibility index (Phi) is 9.94. The van der Waals surface area contributed by atoms with E-state index in [2.05, 4.69) is 26.3 Å². The Bertz CT molecular complexity index is 86.1. The average Bonchev–Trinajstić information content (AvgIpc) is 2.16. The van der Waals surface area contributed by atoms with Crippen molar-refractivity contribution in [3.8, 4) is 0 Å². The van der Waals surface area contributed by atoms with Gasteiger partial charge in [0.2, 0.25) is 0 Å². The van der Waals surface area contributed by atoms with Crippen LogP contribution in [-0.2, 0) is 4.84 Å². The lowest BCUT2D eigenvalue weighted by Gasteiger charge is -2.15. The van der Waals surface area contributed by atoms with Gasteiger partial charge in [0, 0.05) is 6.54 Å². The van der Waals surface area contributed by atoms with E-state index in [4.69, 9.17) is 4.84 Å². The second kappa shape index (κ2) is 10.0. The lowest BCUT2D eigenvalue weighted by atomic mass is 10.1. The Morgan fingerprint density at radius 1 is 1.08 bits per heavy atom. The van der Waals surface area contributed by atoms with Crippen molar-refractivity contribution in [2.24, 2.45) is 0 Å². The van der Waals surface area contributed by atoms with Gasteiger partial charge < -0.3 is 0 Å². The molecule has 0 saturated heterocycles. The third kappa shape index (κ3) is 8.26. The minimum Gasteiger partial charge on any atom is -0.299 e. The Labute approximate surface area is 83.0 Å². The van der Waals surface area contributed by atoms with Crippen molar-refractivity contribution in [2.45, 2.75) is 65.4 Å². The van der Waals surface area contributed by atoms with Crippen molar-refractivity contribution in [3.05, 3.63) is 0 Å². The van der Waals surface area contributed by atoms with Gasteiger partial charge in [0.15, 0.2) is 0 Å². The van der Waals surface area contributed by atoms with Gasteiger partial charge in [-0.25, -0.2) is 5.48 Å². The summed E-state index contributed by atoms with van der Waals surface area (Å²) in [6, 6.07) is 0. The van der Waals surface area contributed by atoms with E-state index in [-0.39, 0.29) is 0 Å². The maximum atomic E-state index is 5.53. The lowest BCUT2D eigenvalue weighted by molar-refractivity contribution is -0.0312. The van der Waals surface area contributed by atoms with Crippen molar-refractivity contribution in [1.29, 1.82) is 0 Å². The molecule has 0 aliphatic heterocycles. The predicted molar refractivity (Wildman–Crippen MR) is 57.6 cm³/mol. The highest BCUT2D eigenvalue weighted by Crippen LogP contribution is 2.08. The molecule has 0 aromatic rings. The number of unbranched alkanes of at least 4 members (excludes halogenated alkanes) is 2. The van der Waals surface area contributed by atoms with E-state index in [1.165, 1.54) is 25.7 Å². The maximum Gasteiger partial charge on any atom is 0.0787 e. The van der Waals surface area contributed by atoms with Crippen LogP contribution < -0.4 is 5.48 Å². The number of hydrogen-bond acceptors (Lipinski definition) is 2. The maximum absolute atomic E-state index is 5.53. The van der Waals surface area contributed by atoms with E-state index < -0.39 is 0 Å². The highest BCUT2D eigenvalue weighted by Gasteiger charge is 2.05. The number of rotatable bonds is 9. The molecule has 0 aliphatic carbocycles. The molecule has 1 N–H and O–H groups in total. The number of hydroxylamine groups is 1. The van der Waals surface area contributed by atoms with Crippen LogP contribution in [0.1, 0.15) is 59.3 Å². The van der Waals surface area contributed by atoms with Crippen LogP contribution in [0, 0.1) is 0 Å². The average molecular weight is 187 g/mol. The van der Waals surface area contributed by atoms with Gasteiger partial charge in [0.25, 0.3) is 0 Å². The molecular weight excluding hydrogens is 162 g/mol. The molecule has 0 spiro atoms. The topological polar surface area (TPSA) is 21.3 Å². The van der Waals surface area contributed by atoms with Crippen LogP contribution in [0.15, 0.2) is 0 Å². The van der Waals surface area contributed by atoms with Crippen LogP contribution in [0.25, 0.3) is 0 Å². The molecule has 0 heterocycles. The minimum absolute atomic E-state index is 0.415. The Morgan fingerprint density at radius 3 is 2.38 bits per heavy atom. The van der Waals surface area contributed by atoms with Gasteiger partial charge >= 0.3 is 0 Å². The van der Waals surface area contributed by atoms with Gasteiger partial charge in [-0.1, -0.05) is 40.0 Å². The fourth-order valence-electron chi connectivity index (χ4n) is 1.25. The fourth-order valence-corrected chi connectivity index (χ4v) is 1.25. The van der Waals surface area contributed by atoms with Crippen molar-refractivity contribution < 1.29 is 4.84 Å². The number of hydrogen-bond donors (Lipinski definition) is 1. The van der Waals surface area contributed by atoms with Crippen molar-refractivity contribution in [1.82, 2.24) is 5.48 Å². The molecule has 0 bridgehead atoms. The van der Waals surface area contributed by atoms with Crippen molar-refractivity contribution in [2.75, 3.05) is 6.54 Å². The minimum atomic E-state index is 0.415. The second-order valence-electron chi connectivity index (χ2n) is 3.54. The van der Waals surface area contributed by atoms with E-state index in [0.717, 1.165) is 19.4 Å². The predicted octanol–water partition coefficient (Wildman–Crippen LogP) is 3.28. The Morgan fingerprint density at radius 2 is 1.85 bits per heavy atom. The van der Waals surface area contributed by atoms with Crippen LogP contribution in [-0.4, -0.2) is 12.6 Å². The van der Waals surface area contributed by atoms with Crippen LogP contribution in [0.4, 0.5) is 0 Å². The zero-order valence-electron chi connectivity index (χ0n) is 9.44. The summed E-state index contributed by atoms with van der Waals surface area (Å²) in [6.07, 6.45) is 7.76. The molecule has 1 unspecified atom stereocenters. The highest BCUT2D eigenvalue weighted by atomic mass is 16.7. The van der Waals surface area contributed by atoms with Gasteiger partial charge in [0.05, 0.1) is 6.10 Å². The van der Waals surface area contributed by atoms with E-state index in [1.807, 2.05) is 0 Å². The van der Waals surface area contributed by atoms with Gasteiger partial charge in [0.1, 0.15) is 0 Å². The normalized spacial score (nSPS) is 13.2. The SMILES string of the molecule is CCCCCC(CC)ONCCC. The summed E-state index contributed by atoms with van der Waals surface area (Å²) in [5, 5.41) is 0. The molecule has 2 nitrogen and oxygen atoms in total. The first kappa shape index (κ1) is 12.9. The van der Waals surface area contributed by atoms with Crippen LogP contribution in [0.2, 0.25) is 0 Å². The number of nitrogens with one attached hydrogen (secondary N) is 1.